The lowest BCUT2D eigenvalue weighted by Gasteiger charge is -2.08. The van der Waals surface area contributed by atoms with Crippen LogP contribution in [0, 0.1) is 0 Å². The Bertz CT molecular complexity index is 986. The van der Waals surface area contributed by atoms with Crippen LogP contribution in [0.15, 0.2) is 36.4 Å². The predicted molar refractivity (Wildman–Crippen MR) is 111 cm³/mol. The summed E-state index contributed by atoms with van der Waals surface area (Å²) in [7, 11) is 0. The van der Waals surface area contributed by atoms with Crippen molar-refractivity contribution in [1.82, 2.24) is 0 Å². The fourth-order valence-corrected chi connectivity index (χ4v) is 3.88. The third kappa shape index (κ3) is 4.94. The van der Waals surface area contributed by atoms with E-state index >= 15 is 0 Å². The standard InChI is InChI=1S/C24H22O7/c25-13-20-18-11-14(21(26)3-1-5-23(28)29)7-9-16(18)17-10-8-15(12-19(17)20)22(27)4-2-6-24(30)31/h7-13,20H,1-6H2,(H,28,29)(H,30,31). The molecule has 7 heteroatoms. The van der Waals surface area contributed by atoms with E-state index < -0.39 is 17.9 Å². The SMILES string of the molecule is O=CC1c2cc(C(=O)CCCC(=O)O)ccc2-c2ccc(C(=O)CCCC(=O)O)cc21. The molecule has 3 rings (SSSR count). The number of benzene rings is 2. The van der Waals surface area contributed by atoms with Crippen molar-refractivity contribution in [2.45, 2.75) is 44.4 Å². The molecule has 0 unspecified atom stereocenters. The summed E-state index contributed by atoms with van der Waals surface area (Å²) >= 11 is 0. The number of ketones is 2. The Morgan fingerprint density at radius 1 is 0.710 bits per heavy atom. The number of rotatable bonds is 11. The molecule has 2 aromatic rings. The van der Waals surface area contributed by atoms with E-state index in [-0.39, 0.29) is 50.1 Å². The molecule has 0 fully saturated rings. The molecule has 2 aromatic carbocycles. The van der Waals surface area contributed by atoms with E-state index in [0.717, 1.165) is 17.4 Å². The number of Topliss-reactive ketones (excluding diaryl/α,β-unsaturated/α-hetero) is 2. The fraction of sp³-hybridized carbons (Fsp3) is 0.292. The summed E-state index contributed by atoms with van der Waals surface area (Å²) in [5.41, 5.74) is 3.86. The Balaban J connectivity index is 1.82. The second-order valence-electron chi connectivity index (χ2n) is 7.56. The van der Waals surface area contributed by atoms with E-state index in [9.17, 15) is 24.0 Å². The van der Waals surface area contributed by atoms with Crippen LogP contribution in [0.4, 0.5) is 0 Å². The van der Waals surface area contributed by atoms with Gasteiger partial charge in [0.25, 0.3) is 0 Å². The van der Waals surface area contributed by atoms with Crippen molar-refractivity contribution in [3.63, 3.8) is 0 Å². The van der Waals surface area contributed by atoms with Crippen molar-refractivity contribution >= 4 is 29.8 Å². The third-order valence-electron chi connectivity index (χ3n) is 5.43. The van der Waals surface area contributed by atoms with Crippen molar-refractivity contribution in [3.05, 3.63) is 58.7 Å². The second-order valence-corrected chi connectivity index (χ2v) is 7.56. The van der Waals surface area contributed by atoms with Gasteiger partial charge in [0.15, 0.2) is 11.6 Å². The van der Waals surface area contributed by atoms with Gasteiger partial charge >= 0.3 is 11.9 Å². The van der Waals surface area contributed by atoms with Crippen molar-refractivity contribution < 1.29 is 34.2 Å². The molecule has 160 valence electrons. The van der Waals surface area contributed by atoms with Crippen LogP contribution in [0.3, 0.4) is 0 Å². The number of hydrogen-bond donors (Lipinski definition) is 2. The molecular weight excluding hydrogens is 400 g/mol. The van der Waals surface area contributed by atoms with Gasteiger partial charge in [0.05, 0.1) is 5.92 Å². The van der Waals surface area contributed by atoms with Gasteiger partial charge in [-0.05, 0) is 47.2 Å². The number of carbonyl (C=O) groups excluding carboxylic acids is 3. The highest BCUT2D eigenvalue weighted by atomic mass is 16.4. The number of fused-ring (bicyclic) bond motifs is 3. The topological polar surface area (TPSA) is 126 Å². The Morgan fingerprint density at radius 2 is 1.13 bits per heavy atom. The molecule has 0 aromatic heterocycles. The van der Waals surface area contributed by atoms with Crippen LogP contribution in [0.2, 0.25) is 0 Å². The first-order valence-corrected chi connectivity index (χ1v) is 10.1. The zero-order chi connectivity index (χ0) is 22.5. The van der Waals surface area contributed by atoms with Crippen molar-refractivity contribution in [2.75, 3.05) is 0 Å². The summed E-state index contributed by atoms with van der Waals surface area (Å²) in [6.45, 7) is 0. The first kappa shape index (κ1) is 22.1. The van der Waals surface area contributed by atoms with Gasteiger partial charge in [0.1, 0.15) is 6.29 Å². The Labute approximate surface area is 178 Å². The van der Waals surface area contributed by atoms with Crippen LogP contribution < -0.4 is 0 Å². The Hall–Kier alpha value is -3.61. The summed E-state index contributed by atoms with van der Waals surface area (Å²) in [6, 6.07) is 10.2. The molecule has 0 saturated heterocycles. The van der Waals surface area contributed by atoms with Crippen molar-refractivity contribution in [2.24, 2.45) is 0 Å². The van der Waals surface area contributed by atoms with Gasteiger partial charge in [-0.3, -0.25) is 19.2 Å². The molecule has 1 aliphatic rings. The average molecular weight is 422 g/mol. The number of carbonyl (C=O) groups is 5. The zero-order valence-corrected chi connectivity index (χ0v) is 16.8. The molecule has 0 atom stereocenters. The molecule has 0 saturated carbocycles. The second kappa shape index (κ2) is 9.47. The molecule has 0 amide bonds. The molecule has 2 N–H and O–H groups in total. The highest BCUT2D eigenvalue weighted by Crippen LogP contribution is 2.44. The first-order valence-electron chi connectivity index (χ1n) is 10.1. The number of carboxylic acids is 2. The maximum absolute atomic E-state index is 12.4. The lowest BCUT2D eigenvalue weighted by molar-refractivity contribution is -0.138. The van der Waals surface area contributed by atoms with Crippen molar-refractivity contribution in [3.8, 4) is 11.1 Å². The average Bonchev–Trinajstić information content (AvgIpc) is 3.05. The lowest BCUT2D eigenvalue weighted by atomic mass is 9.94. The van der Waals surface area contributed by atoms with Gasteiger partial charge in [-0.15, -0.1) is 0 Å². The van der Waals surface area contributed by atoms with E-state index in [4.69, 9.17) is 10.2 Å². The molecule has 0 radical (unpaired) electrons. The number of hydrogen-bond acceptors (Lipinski definition) is 5. The maximum Gasteiger partial charge on any atom is 0.303 e. The van der Waals surface area contributed by atoms with E-state index in [0.29, 0.717) is 22.3 Å². The number of aldehydes is 1. The Kier molecular flexibility index (Phi) is 6.74. The van der Waals surface area contributed by atoms with E-state index in [2.05, 4.69) is 0 Å². The highest BCUT2D eigenvalue weighted by molar-refractivity contribution is 6.00. The molecule has 7 nitrogen and oxygen atoms in total. The van der Waals surface area contributed by atoms with Crippen LogP contribution in [0.25, 0.3) is 11.1 Å². The van der Waals surface area contributed by atoms with Crippen LogP contribution in [-0.4, -0.2) is 40.0 Å². The summed E-state index contributed by atoms with van der Waals surface area (Å²) in [6.07, 6.45) is 1.33. The summed E-state index contributed by atoms with van der Waals surface area (Å²) in [4.78, 5) is 58.0. The highest BCUT2D eigenvalue weighted by Gasteiger charge is 2.30. The molecule has 1 aliphatic carbocycles. The van der Waals surface area contributed by atoms with Crippen LogP contribution in [-0.2, 0) is 14.4 Å². The minimum atomic E-state index is -0.952. The van der Waals surface area contributed by atoms with Gasteiger partial charge in [-0.25, -0.2) is 0 Å². The Morgan fingerprint density at radius 3 is 1.48 bits per heavy atom. The number of aliphatic carboxylic acids is 2. The smallest absolute Gasteiger partial charge is 0.303 e. The van der Waals surface area contributed by atoms with Gasteiger partial charge in [-0.1, -0.05) is 24.3 Å². The fourth-order valence-electron chi connectivity index (χ4n) is 3.88. The van der Waals surface area contributed by atoms with Crippen LogP contribution >= 0.6 is 0 Å². The normalized spacial score (nSPS) is 12.1. The number of carboxylic acid groups (broad SMARTS) is 2. The van der Waals surface area contributed by atoms with Gasteiger partial charge in [-0.2, -0.15) is 0 Å². The quantitative estimate of drug-likeness (QED) is 0.416. The van der Waals surface area contributed by atoms with E-state index in [1.807, 2.05) is 0 Å². The van der Waals surface area contributed by atoms with Crippen LogP contribution in [0.5, 0.6) is 0 Å². The van der Waals surface area contributed by atoms with E-state index in [1.165, 1.54) is 0 Å². The minimum Gasteiger partial charge on any atom is -0.481 e. The zero-order valence-electron chi connectivity index (χ0n) is 16.8. The maximum atomic E-state index is 12.4. The molecule has 0 aliphatic heterocycles. The molecule has 0 bridgehead atoms. The third-order valence-corrected chi connectivity index (χ3v) is 5.43. The van der Waals surface area contributed by atoms with Crippen LogP contribution in [0.1, 0.15) is 76.3 Å². The molecule has 31 heavy (non-hydrogen) atoms. The monoisotopic (exact) mass is 422 g/mol. The molecular formula is C24H22O7. The summed E-state index contributed by atoms with van der Waals surface area (Å²) in [5.74, 6) is -2.88. The molecule has 0 spiro atoms. The minimum absolute atomic E-state index is 0.0810. The lowest BCUT2D eigenvalue weighted by Crippen LogP contribution is -2.05. The molecule has 0 heterocycles. The van der Waals surface area contributed by atoms with Gasteiger partial charge in [0, 0.05) is 36.8 Å². The first-order chi connectivity index (χ1) is 14.8. The summed E-state index contributed by atoms with van der Waals surface area (Å²) in [5, 5.41) is 17.4. The summed E-state index contributed by atoms with van der Waals surface area (Å²) < 4.78 is 0. The largest absolute Gasteiger partial charge is 0.481 e. The van der Waals surface area contributed by atoms with Gasteiger partial charge < -0.3 is 15.0 Å². The van der Waals surface area contributed by atoms with Crippen molar-refractivity contribution in [1.29, 1.82) is 0 Å². The predicted octanol–water partition coefficient (Wildman–Crippen LogP) is 3.87. The van der Waals surface area contributed by atoms with Gasteiger partial charge in [0.2, 0.25) is 0 Å². The van der Waals surface area contributed by atoms with E-state index in [1.54, 1.807) is 36.4 Å².